The van der Waals surface area contributed by atoms with Gasteiger partial charge in [-0.1, -0.05) is 0 Å². The fraction of sp³-hybridized carbons (Fsp3) is 0.231. The number of hydrogen-bond donors (Lipinski definition) is 3. The third-order valence-electron chi connectivity index (χ3n) is 2.82. The van der Waals surface area contributed by atoms with Gasteiger partial charge in [0.15, 0.2) is 5.13 Å². The molecule has 5 nitrogen and oxygen atoms in total. The summed E-state index contributed by atoms with van der Waals surface area (Å²) in [6.45, 7) is 1.95. The highest BCUT2D eigenvalue weighted by molar-refractivity contribution is 7.14. The van der Waals surface area contributed by atoms with Crippen LogP contribution in [0.4, 0.5) is 9.52 Å². The lowest BCUT2D eigenvalue weighted by atomic mass is 10.2. The Bertz CT molecular complexity index is 630. The number of anilines is 1. The summed E-state index contributed by atoms with van der Waals surface area (Å²) in [4.78, 5) is 16.2. The summed E-state index contributed by atoms with van der Waals surface area (Å²) in [7, 11) is 1.82. The molecule has 106 valence electrons. The van der Waals surface area contributed by atoms with Gasteiger partial charge in [-0.3, -0.25) is 10.1 Å². The van der Waals surface area contributed by atoms with Gasteiger partial charge in [0.2, 0.25) is 0 Å². The van der Waals surface area contributed by atoms with E-state index in [-0.39, 0.29) is 11.6 Å². The summed E-state index contributed by atoms with van der Waals surface area (Å²) < 4.78 is 12.9. The average molecular weight is 295 g/mol. The number of phenols is 1. The molecule has 0 saturated heterocycles. The Morgan fingerprint density at radius 3 is 2.90 bits per heavy atom. The number of aromatic nitrogens is 1. The van der Waals surface area contributed by atoms with E-state index in [1.165, 1.54) is 17.4 Å². The van der Waals surface area contributed by atoms with Crippen molar-refractivity contribution in [1.82, 2.24) is 10.3 Å². The highest BCUT2D eigenvalue weighted by atomic mass is 32.1. The third kappa shape index (κ3) is 3.12. The first-order chi connectivity index (χ1) is 9.51. The molecule has 0 fully saturated rings. The standard InChI is InChI=1S/C13H14FN3O2S/c1-7(15-2)10-6-20-13(16-10)17-12(19)9-4-3-8(14)5-11(9)18/h3-7,15,18H,1-2H3,(H,16,17,19). The molecule has 1 unspecified atom stereocenters. The summed E-state index contributed by atoms with van der Waals surface area (Å²) in [5, 5.41) is 17.4. The van der Waals surface area contributed by atoms with Gasteiger partial charge in [-0.05, 0) is 26.1 Å². The predicted molar refractivity (Wildman–Crippen MR) is 75.6 cm³/mol. The summed E-state index contributed by atoms with van der Waals surface area (Å²) in [6, 6.07) is 3.32. The van der Waals surface area contributed by atoms with E-state index in [0.717, 1.165) is 17.8 Å². The Morgan fingerprint density at radius 1 is 1.50 bits per heavy atom. The zero-order valence-electron chi connectivity index (χ0n) is 11.0. The van der Waals surface area contributed by atoms with Gasteiger partial charge >= 0.3 is 0 Å². The molecule has 0 aliphatic carbocycles. The number of rotatable bonds is 4. The zero-order valence-corrected chi connectivity index (χ0v) is 11.8. The Balaban J connectivity index is 2.13. The van der Waals surface area contributed by atoms with Gasteiger partial charge in [-0.15, -0.1) is 11.3 Å². The first-order valence-electron chi connectivity index (χ1n) is 5.94. The van der Waals surface area contributed by atoms with E-state index < -0.39 is 17.5 Å². The molecule has 0 radical (unpaired) electrons. The molecule has 7 heteroatoms. The number of benzene rings is 1. The number of carbonyl (C=O) groups is 1. The summed E-state index contributed by atoms with van der Waals surface area (Å²) in [5.74, 6) is -1.53. The summed E-state index contributed by atoms with van der Waals surface area (Å²) in [5.41, 5.74) is 0.820. The molecule has 3 N–H and O–H groups in total. The van der Waals surface area contributed by atoms with Gasteiger partial charge in [0.1, 0.15) is 11.6 Å². The molecule has 0 bridgehead atoms. The van der Waals surface area contributed by atoms with Gasteiger partial charge in [-0.25, -0.2) is 9.37 Å². The predicted octanol–water partition coefficient (Wildman–Crippen LogP) is 2.52. The van der Waals surface area contributed by atoms with Crippen molar-refractivity contribution >= 4 is 22.4 Å². The van der Waals surface area contributed by atoms with Crippen LogP contribution >= 0.6 is 11.3 Å². The highest BCUT2D eigenvalue weighted by Gasteiger charge is 2.14. The molecule has 1 aromatic carbocycles. The normalized spacial score (nSPS) is 12.2. The lowest BCUT2D eigenvalue weighted by molar-refractivity contribution is 0.102. The van der Waals surface area contributed by atoms with Crippen LogP contribution in [0.3, 0.4) is 0 Å². The SMILES string of the molecule is CNC(C)c1csc(NC(=O)c2ccc(F)cc2O)n1. The van der Waals surface area contributed by atoms with Crippen molar-refractivity contribution in [3.63, 3.8) is 0 Å². The molecule has 1 atom stereocenters. The topological polar surface area (TPSA) is 74.2 Å². The smallest absolute Gasteiger partial charge is 0.261 e. The van der Waals surface area contributed by atoms with Crippen LogP contribution in [0.5, 0.6) is 5.75 Å². The average Bonchev–Trinajstić information content (AvgIpc) is 2.86. The molecule has 0 saturated carbocycles. The van der Waals surface area contributed by atoms with Crippen LogP contribution in [0.25, 0.3) is 0 Å². The third-order valence-corrected chi connectivity index (χ3v) is 3.60. The quantitative estimate of drug-likeness (QED) is 0.810. The number of nitrogens with one attached hydrogen (secondary N) is 2. The van der Waals surface area contributed by atoms with Crippen molar-refractivity contribution < 1.29 is 14.3 Å². The number of halogens is 1. The molecule has 0 aliphatic rings. The second-order valence-electron chi connectivity index (χ2n) is 4.20. The van der Waals surface area contributed by atoms with Crippen LogP contribution in [0, 0.1) is 5.82 Å². The van der Waals surface area contributed by atoms with Crippen molar-refractivity contribution in [3.8, 4) is 5.75 Å². The van der Waals surface area contributed by atoms with Crippen molar-refractivity contribution in [3.05, 3.63) is 40.7 Å². The molecule has 1 heterocycles. The second-order valence-corrected chi connectivity index (χ2v) is 5.06. The molecule has 20 heavy (non-hydrogen) atoms. The maximum absolute atomic E-state index is 12.9. The minimum Gasteiger partial charge on any atom is -0.507 e. The van der Waals surface area contributed by atoms with Crippen LogP contribution < -0.4 is 10.6 Å². The molecule has 1 aromatic heterocycles. The number of nitrogens with zero attached hydrogens (tertiary/aromatic N) is 1. The minimum atomic E-state index is -0.599. The van der Waals surface area contributed by atoms with Crippen molar-refractivity contribution in [2.45, 2.75) is 13.0 Å². The van der Waals surface area contributed by atoms with Crippen molar-refractivity contribution in [2.24, 2.45) is 0 Å². The fourth-order valence-electron chi connectivity index (χ4n) is 1.55. The van der Waals surface area contributed by atoms with Gasteiger partial charge in [0.05, 0.1) is 11.3 Å². The van der Waals surface area contributed by atoms with Crippen LogP contribution in [-0.4, -0.2) is 23.0 Å². The Morgan fingerprint density at radius 2 is 2.25 bits per heavy atom. The van der Waals surface area contributed by atoms with E-state index in [1.807, 2.05) is 19.4 Å². The van der Waals surface area contributed by atoms with E-state index in [2.05, 4.69) is 15.6 Å². The zero-order chi connectivity index (χ0) is 14.7. The summed E-state index contributed by atoms with van der Waals surface area (Å²) >= 11 is 1.29. The number of hydrogen-bond acceptors (Lipinski definition) is 5. The number of amides is 1. The molecule has 0 spiro atoms. The van der Waals surface area contributed by atoms with Crippen LogP contribution in [0.1, 0.15) is 29.0 Å². The number of carbonyl (C=O) groups excluding carboxylic acids is 1. The monoisotopic (exact) mass is 295 g/mol. The molecular weight excluding hydrogens is 281 g/mol. The molecule has 2 rings (SSSR count). The Labute approximate surface area is 119 Å². The van der Waals surface area contributed by atoms with Crippen LogP contribution in [-0.2, 0) is 0 Å². The fourth-order valence-corrected chi connectivity index (χ4v) is 2.35. The van der Waals surface area contributed by atoms with Gasteiger partial charge in [-0.2, -0.15) is 0 Å². The molecule has 2 aromatic rings. The van der Waals surface area contributed by atoms with Crippen LogP contribution in [0.2, 0.25) is 0 Å². The number of thiazole rings is 1. The first-order valence-corrected chi connectivity index (χ1v) is 6.81. The van der Waals surface area contributed by atoms with Gasteiger partial charge in [0.25, 0.3) is 5.91 Å². The lowest BCUT2D eigenvalue weighted by Crippen LogP contribution is -2.14. The van der Waals surface area contributed by atoms with Gasteiger partial charge < -0.3 is 10.4 Å². The van der Waals surface area contributed by atoms with Gasteiger partial charge in [0, 0.05) is 17.5 Å². The van der Waals surface area contributed by atoms with Crippen molar-refractivity contribution in [1.29, 1.82) is 0 Å². The Hall–Kier alpha value is -1.99. The molecule has 0 aliphatic heterocycles. The maximum atomic E-state index is 12.9. The summed E-state index contributed by atoms with van der Waals surface area (Å²) in [6.07, 6.45) is 0. The van der Waals surface area contributed by atoms with E-state index in [1.54, 1.807) is 0 Å². The van der Waals surface area contributed by atoms with E-state index in [9.17, 15) is 14.3 Å². The van der Waals surface area contributed by atoms with Crippen molar-refractivity contribution in [2.75, 3.05) is 12.4 Å². The van der Waals surface area contributed by atoms with E-state index in [0.29, 0.717) is 5.13 Å². The molecule has 1 amide bonds. The first kappa shape index (κ1) is 14.4. The maximum Gasteiger partial charge on any atom is 0.261 e. The van der Waals surface area contributed by atoms with E-state index in [4.69, 9.17) is 0 Å². The highest BCUT2D eigenvalue weighted by Crippen LogP contribution is 2.23. The van der Waals surface area contributed by atoms with Crippen LogP contribution in [0.15, 0.2) is 23.6 Å². The lowest BCUT2D eigenvalue weighted by Gasteiger charge is -2.06. The van der Waals surface area contributed by atoms with E-state index >= 15 is 0 Å². The second kappa shape index (κ2) is 5.98. The number of phenolic OH excluding ortho intramolecular Hbond substituents is 1. The number of aromatic hydroxyl groups is 1. The largest absolute Gasteiger partial charge is 0.507 e. The molecular formula is C13H14FN3O2S. The minimum absolute atomic E-state index is 0.00446. The Kier molecular flexibility index (Phi) is 4.31.